The second kappa shape index (κ2) is 10.8. The topological polar surface area (TPSA) is 85.2 Å². The van der Waals surface area contributed by atoms with Crippen LogP contribution in [0.5, 0.6) is 11.5 Å². The van der Waals surface area contributed by atoms with E-state index in [1.807, 2.05) is 30.3 Å². The number of primary amides is 1. The first-order chi connectivity index (χ1) is 16.8. The molecule has 36 heavy (non-hydrogen) atoms. The molecule has 3 aromatic rings. The number of aromatic nitrogens is 1. The average Bonchev–Trinajstić information content (AvgIpc) is 2.80. The van der Waals surface area contributed by atoms with Gasteiger partial charge in [-0.15, -0.1) is 0 Å². The molecule has 0 unspecified atom stereocenters. The molecule has 1 aromatic heterocycles. The maximum atomic E-state index is 12.8. The number of hydrogen-bond donors (Lipinski definition) is 2. The highest BCUT2D eigenvalue weighted by Gasteiger charge is 2.30. The van der Waals surface area contributed by atoms with Crippen molar-refractivity contribution in [3.63, 3.8) is 0 Å². The van der Waals surface area contributed by atoms with E-state index in [9.17, 15) is 22.8 Å². The molecule has 0 saturated carbocycles. The molecule has 0 atom stereocenters. The van der Waals surface area contributed by atoms with E-state index in [4.69, 9.17) is 10.5 Å². The molecule has 8 heteroatoms. The van der Waals surface area contributed by atoms with Crippen LogP contribution in [0.3, 0.4) is 0 Å². The van der Waals surface area contributed by atoms with E-state index < -0.39 is 17.3 Å². The van der Waals surface area contributed by atoms with Crippen LogP contribution in [0.4, 0.5) is 13.2 Å². The lowest BCUT2D eigenvalue weighted by Gasteiger charge is -2.19. The van der Waals surface area contributed by atoms with Gasteiger partial charge in [0.1, 0.15) is 5.75 Å². The van der Waals surface area contributed by atoms with E-state index in [-0.39, 0.29) is 29.2 Å². The molecule has 1 amide bonds. The van der Waals surface area contributed by atoms with Crippen molar-refractivity contribution in [3.05, 3.63) is 99.5 Å². The van der Waals surface area contributed by atoms with Gasteiger partial charge in [-0.3, -0.25) is 9.59 Å². The van der Waals surface area contributed by atoms with Crippen molar-refractivity contribution < 1.29 is 22.7 Å². The van der Waals surface area contributed by atoms with Crippen LogP contribution in [-0.2, 0) is 16.4 Å². The fourth-order valence-electron chi connectivity index (χ4n) is 3.59. The van der Waals surface area contributed by atoms with E-state index in [2.05, 4.69) is 25.8 Å². The first-order valence-electron chi connectivity index (χ1n) is 11.5. The van der Waals surface area contributed by atoms with Gasteiger partial charge in [0, 0.05) is 17.7 Å². The minimum Gasteiger partial charge on any atom is -0.452 e. The third-order valence-electron chi connectivity index (χ3n) is 5.61. The molecule has 0 radical (unpaired) electrons. The Morgan fingerprint density at radius 2 is 1.56 bits per heavy atom. The summed E-state index contributed by atoms with van der Waals surface area (Å²) in [5, 5.41) is 0. The number of ether oxygens (including phenoxy) is 1. The number of carbonyl (C=O) groups excluding carboxylic acids is 1. The van der Waals surface area contributed by atoms with Crippen molar-refractivity contribution in [3.8, 4) is 11.5 Å². The van der Waals surface area contributed by atoms with E-state index in [0.29, 0.717) is 18.5 Å². The van der Waals surface area contributed by atoms with Gasteiger partial charge in [-0.1, -0.05) is 51.1 Å². The van der Waals surface area contributed by atoms with Gasteiger partial charge in [0.05, 0.1) is 5.56 Å². The zero-order valence-corrected chi connectivity index (χ0v) is 20.4. The Bertz CT molecular complexity index is 1280. The smallest absolute Gasteiger partial charge is 0.416 e. The van der Waals surface area contributed by atoms with E-state index in [0.717, 1.165) is 41.0 Å². The number of halogens is 3. The molecule has 0 aliphatic rings. The van der Waals surface area contributed by atoms with Crippen molar-refractivity contribution in [2.45, 2.75) is 51.6 Å². The lowest BCUT2D eigenvalue weighted by molar-refractivity contribution is -0.137. The number of unbranched alkanes of at least 4 members (excludes halogenated alkanes) is 1. The lowest BCUT2D eigenvalue weighted by atomic mass is 9.86. The molecule has 5 nitrogen and oxygen atoms in total. The summed E-state index contributed by atoms with van der Waals surface area (Å²) in [6.07, 6.45) is -1.12. The summed E-state index contributed by atoms with van der Waals surface area (Å²) in [5.41, 5.74) is 7.26. The summed E-state index contributed by atoms with van der Waals surface area (Å²) >= 11 is 0. The number of benzene rings is 2. The minimum absolute atomic E-state index is 0.0184. The highest BCUT2D eigenvalue weighted by atomic mass is 19.4. The third-order valence-corrected chi connectivity index (χ3v) is 5.61. The Hall–Kier alpha value is -3.81. The van der Waals surface area contributed by atoms with Gasteiger partial charge in [0.2, 0.25) is 5.91 Å². The summed E-state index contributed by atoms with van der Waals surface area (Å²) in [7, 11) is 0. The zero-order valence-electron chi connectivity index (χ0n) is 20.4. The largest absolute Gasteiger partial charge is 0.452 e. The Morgan fingerprint density at radius 3 is 2.08 bits per heavy atom. The van der Waals surface area contributed by atoms with Crippen LogP contribution in [0, 0.1) is 0 Å². The predicted molar refractivity (Wildman–Crippen MR) is 134 cm³/mol. The summed E-state index contributed by atoms with van der Waals surface area (Å²) in [6.45, 7) is 6.36. The van der Waals surface area contributed by atoms with Gasteiger partial charge in [-0.05, 0) is 65.8 Å². The molecular formula is C28H29F3N2O3. The Labute approximate surface area is 207 Å². The van der Waals surface area contributed by atoms with Crippen LogP contribution in [0.2, 0.25) is 0 Å². The van der Waals surface area contributed by atoms with E-state index in [1.165, 1.54) is 6.07 Å². The van der Waals surface area contributed by atoms with Crippen LogP contribution in [0.25, 0.3) is 5.57 Å². The summed E-state index contributed by atoms with van der Waals surface area (Å²) < 4.78 is 43.8. The zero-order chi connectivity index (χ0) is 26.5. The normalized spacial score (nSPS) is 12.4. The highest BCUT2D eigenvalue weighted by molar-refractivity contribution is 5.78. The Morgan fingerprint density at radius 1 is 0.944 bits per heavy atom. The van der Waals surface area contributed by atoms with Gasteiger partial charge < -0.3 is 15.5 Å². The van der Waals surface area contributed by atoms with Crippen LogP contribution < -0.4 is 16.0 Å². The second-order valence-corrected chi connectivity index (χ2v) is 9.49. The number of hydrogen-bond acceptors (Lipinski definition) is 3. The molecular weight excluding hydrogens is 469 g/mol. The first kappa shape index (κ1) is 26.8. The van der Waals surface area contributed by atoms with Gasteiger partial charge in [0.25, 0.3) is 5.56 Å². The molecule has 0 saturated heterocycles. The Balaban J connectivity index is 1.89. The molecule has 0 spiro atoms. The number of aromatic amines is 1. The molecule has 3 rings (SSSR count). The summed E-state index contributed by atoms with van der Waals surface area (Å²) in [4.78, 5) is 26.7. The fraction of sp³-hybridized carbons (Fsp3) is 0.286. The van der Waals surface area contributed by atoms with Crippen molar-refractivity contribution >= 4 is 11.5 Å². The Kier molecular flexibility index (Phi) is 8.07. The van der Waals surface area contributed by atoms with Gasteiger partial charge in [0.15, 0.2) is 5.75 Å². The number of allylic oxidation sites excluding steroid dienone is 1. The maximum absolute atomic E-state index is 12.8. The number of amides is 1. The number of pyridine rings is 1. The van der Waals surface area contributed by atoms with Gasteiger partial charge >= 0.3 is 6.18 Å². The standard InChI is InChI=1S/C28H29F3N2O3/c1-27(2,3)19-10-8-18(9-11-19)22(6-4-5-7-25(32)34)23-16-17-24(26(35)33-23)36-21-14-12-20(13-15-21)28(29,30)31/h6,8-17H,4-5,7H2,1-3H3,(H2,32,34)(H,33,35)/b22-6+. The van der Waals surface area contributed by atoms with Crippen LogP contribution in [-0.4, -0.2) is 10.9 Å². The molecule has 0 aliphatic heterocycles. The van der Waals surface area contributed by atoms with Crippen molar-refractivity contribution in [1.29, 1.82) is 0 Å². The number of carbonyl (C=O) groups is 1. The molecule has 190 valence electrons. The molecule has 0 aliphatic carbocycles. The van der Waals surface area contributed by atoms with E-state index in [1.54, 1.807) is 6.07 Å². The van der Waals surface area contributed by atoms with Crippen molar-refractivity contribution in [2.75, 3.05) is 0 Å². The van der Waals surface area contributed by atoms with Crippen LogP contribution in [0.15, 0.2) is 71.5 Å². The van der Waals surface area contributed by atoms with Gasteiger partial charge in [-0.2, -0.15) is 13.2 Å². The fourth-order valence-corrected chi connectivity index (χ4v) is 3.59. The number of nitrogens with one attached hydrogen (secondary N) is 1. The summed E-state index contributed by atoms with van der Waals surface area (Å²) in [6, 6.07) is 15.3. The predicted octanol–water partition coefficient (Wildman–Crippen LogP) is 6.57. The van der Waals surface area contributed by atoms with Crippen molar-refractivity contribution in [2.24, 2.45) is 5.73 Å². The molecule has 2 aromatic carbocycles. The third kappa shape index (κ3) is 7.10. The lowest BCUT2D eigenvalue weighted by Crippen LogP contribution is -2.12. The molecule has 0 bridgehead atoms. The van der Waals surface area contributed by atoms with Gasteiger partial charge in [-0.25, -0.2) is 0 Å². The first-order valence-corrected chi connectivity index (χ1v) is 11.5. The number of H-pyrrole nitrogens is 1. The number of alkyl halides is 3. The molecule has 3 N–H and O–H groups in total. The minimum atomic E-state index is -4.46. The maximum Gasteiger partial charge on any atom is 0.416 e. The van der Waals surface area contributed by atoms with E-state index >= 15 is 0 Å². The number of nitrogens with two attached hydrogens (primary N) is 1. The average molecular weight is 499 g/mol. The second-order valence-electron chi connectivity index (χ2n) is 9.49. The molecule has 0 fully saturated rings. The highest BCUT2D eigenvalue weighted by Crippen LogP contribution is 2.31. The van der Waals surface area contributed by atoms with Crippen LogP contribution in [0.1, 0.15) is 62.4 Å². The SMILES string of the molecule is CC(C)(C)c1ccc(/C(=C\CCCC(N)=O)c2ccc(Oc3ccc(C(F)(F)F)cc3)c(=O)[nH]2)cc1. The van der Waals surface area contributed by atoms with Crippen LogP contribution >= 0.6 is 0 Å². The number of rotatable bonds is 8. The summed E-state index contributed by atoms with van der Waals surface area (Å²) in [5.74, 6) is -0.312. The molecule has 1 heterocycles. The monoisotopic (exact) mass is 498 g/mol. The quantitative estimate of drug-likeness (QED) is 0.345. The van der Waals surface area contributed by atoms with Crippen molar-refractivity contribution in [1.82, 2.24) is 4.98 Å².